The lowest BCUT2D eigenvalue weighted by molar-refractivity contribution is -0.154. The smallest absolute Gasteiger partial charge is 0.334 e. The first-order chi connectivity index (χ1) is 8.16. The number of morpholine rings is 1. The summed E-state index contributed by atoms with van der Waals surface area (Å²) in [6.07, 6.45) is 2.72. The van der Waals surface area contributed by atoms with Gasteiger partial charge < -0.3 is 20.1 Å². The van der Waals surface area contributed by atoms with Gasteiger partial charge in [0.25, 0.3) is 0 Å². The predicted octanol–water partition coefficient (Wildman–Crippen LogP) is 0.281. The summed E-state index contributed by atoms with van der Waals surface area (Å²) in [5.74, 6) is -0.406. The number of hydrogen-bond donors (Lipinski definition) is 2. The maximum absolute atomic E-state index is 11.8. The maximum Gasteiger partial charge on any atom is 0.334 e. The Balaban J connectivity index is 1.75. The molecule has 1 aliphatic carbocycles. The van der Waals surface area contributed by atoms with E-state index in [-0.39, 0.29) is 19.2 Å². The molecule has 0 radical (unpaired) electrons. The zero-order valence-electron chi connectivity index (χ0n) is 9.72. The lowest BCUT2D eigenvalue weighted by Crippen LogP contribution is -2.52. The molecule has 6 heteroatoms. The number of ether oxygens (including phenoxy) is 1. The Bertz CT molecular complexity index is 304. The maximum atomic E-state index is 11.8. The third-order valence-corrected chi connectivity index (χ3v) is 3.40. The number of carbonyl (C=O) groups is 2. The summed E-state index contributed by atoms with van der Waals surface area (Å²) in [6, 6.07) is -0.175. The lowest BCUT2D eigenvalue weighted by Gasteiger charge is -2.32. The van der Waals surface area contributed by atoms with Crippen LogP contribution < -0.4 is 5.32 Å². The minimum absolute atomic E-state index is 0.131. The van der Waals surface area contributed by atoms with Crippen LogP contribution in [0.2, 0.25) is 0 Å². The lowest BCUT2D eigenvalue weighted by atomic mass is 9.85. The molecule has 1 aliphatic heterocycles. The van der Waals surface area contributed by atoms with Gasteiger partial charge in [-0.2, -0.15) is 0 Å². The first kappa shape index (κ1) is 12.2. The summed E-state index contributed by atoms with van der Waals surface area (Å²) in [6.45, 7) is 1.58. The fourth-order valence-electron chi connectivity index (χ4n) is 2.02. The van der Waals surface area contributed by atoms with Crippen LogP contribution in [-0.4, -0.2) is 54.4 Å². The van der Waals surface area contributed by atoms with Gasteiger partial charge in [0.1, 0.15) is 0 Å². The SMILES string of the molecule is O=C(O)C1CN(C(=O)NCC2CCC2)CCO1. The monoisotopic (exact) mass is 242 g/mol. The largest absolute Gasteiger partial charge is 0.479 e. The quantitative estimate of drug-likeness (QED) is 0.745. The second-order valence-electron chi connectivity index (χ2n) is 4.63. The van der Waals surface area contributed by atoms with Gasteiger partial charge in [0.05, 0.1) is 13.2 Å². The van der Waals surface area contributed by atoms with Crippen molar-refractivity contribution in [2.24, 2.45) is 5.92 Å². The molecule has 0 bridgehead atoms. The van der Waals surface area contributed by atoms with E-state index >= 15 is 0 Å². The van der Waals surface area contributed by atoms with Crippen LogP contribution in [0, 0.1) is 5.92 Å². The number of hydrogen-bond acceptors (Lipinski definition) is 3. The molecular formula is C11H18N2O4. The van der Waals surface area contributed by atoms with Crippen molar-refractivity contribution >= 4 is 12.0 Å². The van der Waals surface area contributed by atoms with Crippen LogP contribution in [0.5, 0.6) is 0 Å². The van der Waals surface area contributed by atoms with Crippen LogP contribution in [-0.2, 0) is 9.53 Å². The Labute approximate surface area is 99.9 Å². The van der Waals surface area contributed by atoms with Crippen LogP contribution in [0.4, 0.5) is 4.79 Å². The second-order valence-corrected chi connectivity index (χ2v) is 4.63. The molecule has 1 saturated carbocycles. The number of carbonyl (C=O) groups excluding carboxylic acids is 1. The minimum atomic E-state index is -1.01. The van der Waals surface area contributed by atoms with Gasteiger partial charge >= 0.3 is 12.0 Å². The average molecular weight is 242 g/mol. The second kappa shape index (κ2) is 5.35. The van der Waals surface area contributed by atoms with E-state index in [4.69, 9.17) is 9.84 Å². The van der Waals surface area contributed by atoms with E-state index in [1.54, 1.807) is 0 Å². The summed E-state index contributed by atoms with van der Waals surface area (Å²) in [4.78, 5) is 24.1. The molecule has 17 heavy (non-hydrogen) atoms. The fraction of sp³-hybridized carbons (Fsp3) is 0.818. The van der Waals surface area contributed by atoms with Gasteiger partial charge in [-0.3, -0.25) is 0 Å². The Kier molecular flexibility index (Phi) is 3.83. The van der Waals surface area contributed by atoms with Gasteiger partial charge in [-0.1, -0.05) is 6.42 Å². The van der Waals surface area contributed by atoms with Crippen molar-refractivity contribution in [3.63, 3.8) is 0 Å². The van der Waals surface area contributed by atoms with Crippen molar-refractivity contribution < 1.29 is 19.4 Å². The normalized spacial score (nSPS) is 25.2. The highest BCUT2D eigenvalue weighted by Crippen LogP contribution is 2.25. The molecule has 0 aromatic heterocycles. The van der Waals surface area contributed by atoms with Gasteiger partial charge in [0, 0.05) is 13.1 Å². The Morgan fingerprint density at radius 3 is 2.76 bits per heavy atom. The van der Waals surface area contributed by atoms with Crippen molar-refractivity contribution in [3.05, 3.63) is 0 Å². The molecule has 6 nitrogen and oxygen atoms in total. The highest BCUT2D eigenvalue weighted by atomic mass is 16.5. The highest BCUT2D eigenvalue weighted by molar-refractivity contribution is 5.77. The van der Waals surface area contributed by atoms with E-state index in [2.05, 4.69) is 5.32 Å². The molecule has 2 rings (SSSR count). The van der Waals surface area contributed by atoms with Gasteiger partial charge in [-0.15, -0.1) is 0 Å². The Hall–Kier alpha value is -1.30. The average Bonchev–Trinajstić information content (AvgIpc) is 2.27. The summed E-state index contributed by atoms with van der Waals surface area (Å²) >= 11 is 0. The first-order valence-corrected chi connectivity index (χ1v) is 6.04. The molecule has 2 aliphatic rings. The molecule has 1 unspecified atom stereocenters. The molecule has 0 spiro atoms. The number of nitrogens with one attached hydrogen (secondary N) is 1. The number of urea groups is 1. The Morgan fingerprint density at radius 2 is 2.18 bits per heavy atom. The van der Waals surface area contributed by atoms with Gasteiger partial charge in [-0.05, 0) is 18.8 Å². The molecular weight excluding hydrogens is 224 g/mol. The first-order valence-electron chi connectivity index (χ1n) is 6.04. The highest BCUT2D eigenvalue weighted by Gasteiger charge is 2.29. The standard InChI is InChI=1S/C11H18N2O4/c14-10(15)9-7-13(4-5-17-9)11(16)12-6-8-2-1-3-8/h8-9H,1-7H2,(H,12,16)(H,14,15). The van der Waals surface area contributed by atoms with Crippen LogP contribution >= 0.6 is 0 Å². The fourth-order valence-corrected chi connectivity index (χ4v) is 2.02. The van der Waals surface area contributed by atoms with Crippen molar-refractivity contribution in [1.82, 2.24) is 10.2 Å². The van der Waals surface area contributed by atoms with E-state index in [1.807, 2.05) is 0 Å². The van der Waals surface area contributed by atoms with Crippen molar-refractivity contribution in [2.45, 2.75) is 25.4 Å². The number of aliphatic carboxylic acids is 1. The number of rotatable bonds is 3. The number of carboxylic acid groups (broad SMARTS) is 1. The number of nitrogens with zero attached hydrogens (tertiary/aromatic N) is 1. The number of amides is 2. The zero-order chi connectivity index (χ0) is 12.3. The zero-order valence-corrected chi connectivity index (χ0v) is 9.72. The summed E-state index contributed by atoms with van der Waals surface area (Å²) in [7, 11) is 0. The molecule has 1 heterocycles. The van der Waals surface area contributed by atoms with Crippen LogP contribution in [0.25, 0.3) is 0 Å². The molecule has 2 N–H and O–H groups in total. The molecule has 1 saturated heterocycles. The van der Waals surface area contributed by atoms with Gasteiger partial charge in [0.2, 0.25) is 0 Å². The van der Waals surface area contributed by atoms with Crippen LogP contribution in [0.1, 0.15) is 19.3 Å². The Morgan fingerprint density at radius 1 is 1.41 bits per heavy atom. The molecule has 2 fully saturated rings. The number of carboxylic acids is 1. The topological polar surface area (TPSA) is 78.9 Å². The molecule has 0 aromatic carbocycles. The molecule has 1 atom stereocenters. The third-order valence-electron chi connectivity index (χ3n) is 3.40. The summed E-state index contributed by atoms with van der Waals surface area (Å²) < 4.78 is 5.06. The van der Waals surface area contributed by atoms with E-state index in [0.717, 1.165) is 0 Å². The van der Waals surface area contributed by atoms with Crippen molar-refractivity contribution in [3.8, 4) is 0 Å². The van der Waals surface area contributed by atoms with Crippen LogP contribution in [0.3, 0.4) is 0 Å². The van der Waals surface area contributed by atoms with E-state index in [1.165, 1.54) is 24.2 Å². The third kappa shape index (κ3) is 3.09. The van der Waals surface area contributed by atoms with Gasteiger partial charge in [0.15, 0.2) is 6.10 Å². The minimum Gasteiger partial charge on any atom is -0.479 e. The molecule has 96 valence electrons. The summed E-state index contributed by atoms with van der Waals surface area (Å²) in [5.41, 5.74) is 0. The van der Waals surface area contributed by atoms with E-state index in [9.17, 15) is 9.59 Å². The van der Waals surface area contributed by atoms with Crippen LogP contribution in [0.15, 0.2) is 0 Å². The predicted molar refractivity (Wildman–Crippen MR) is 59.7 cm³/mol. The van der Waals surface area contributed by atoms with Crippen molar-refractivity contribution in [2.75, 3.05) is 26.2 Å². The molecule has 2 amide bonds. The summed E-state index contributed by atoms with van der Waals surface area (Å²) in [5, 5.41) is 11.7. The van der Waals surface area contributed by atoms with E-state index in [0.29, 0.717) is 19.0 Å². The molecule has 0 aromatic rings. The van der Waals surface area contributed by atoms with Gasteiger partial charge in [-0.25, -0.2) is 9.59 Å². The van der Waals surface area contributed by atoms with E-state index < -0.39 is 12.1 Å². The van der Waals surface area contributed by atoms with Crippen molar-refractivity contribution in [1.29, 1.82) is 0 Å².